The van der Waals surface area contributed by atoms with Gasteiger partial charge in [0.05, 0.1) is 10.7 Å². The summed E-state index contributed by atoms with van der Waals surface area (Å²) in [7, 11) is 0. The standard InChI is InChI=1S/C24H16Cl3NO3S/c25-15-8-11-17(12-9-15)32-22-7-2-1-5-19(22)28-24(29)21-13-10-16(31-21)14-30-20-6-3-4-18(26)23(20)27/h1-13H,14H2,(H,28,29). The van der Waals surface area contributed by atoms with Gasteiger partial charge in [-0.1, -0.05) is 64.8 Å². The van der Waals surface area contributed by atoms with Crippen LogP contribution in [-0.2, 0) is 6.61 Å². The van der Waals surface area contributed by atoms with Crippen LogP contribution in [0.25, 0.3) is 0 Å². The van der Waals surface area contributed by atoms with Gasteiger partial charge in [0.15, 0.2) is 5.76 Å². The summed E-state index contributed by atoms with van der Waals surface area (Å²) in [4.78, 5) is 14.6. The minimum Gasteiger partial charge on any atom is -0.484 e. The molecular formula is C24H16Cl3NO3S. The number of amides is 1. The third-order valence-electron chi connectivity index (χ3n) is 4.35. The number of carbonyl (C=O) groups is 1. The van der Waals surface area contributed by atoms with Crippen molar-refractivity contribution in [3.05, 3.63) is 105 Å². The normalized spacial score (nSPS) is 10.7. The zero-order valence-electron chi connectivity index (χ0n) is 16.5. The second-order valence-electron chi connectivity index (χ2n) is 6.61. The number of anilines is 1. The molecule has 1 amide bonds. The molecule has 0 fully saturated rings. The quantitative estimate of drug-likeness (QED) is 0.275. The lowest BCUT2D eigenvalue weighted by Crippen LogP contribution is -2.11. The van der Waals surface area contributed by atoms with Crippen LogP contribution in [-0.4, -0.2) is 5.91 Å². The molecule has 1 aromatic heterocycles. The maximum atomic E-state index is 12.7. The fraction of sp³-hybridized carbons (Fsp3) is 0.0417. The molecule has 1 heterocycles. The number of benzene rings is 3. The van der Waals surface area contributed by atoms with E-state index in [2.05, 4.69) is 5.32 Å². The molecule has 8 heteroatoms. The third-order valence-corrected chi connectivity index (χ3v) is 6.49. The number of nitrogens with one attached hydrogen (secondary N) is 1. The van der Waals surface area contributed by atoms with Crippen molar-refractivity contribution >= 4 is 58.2 Å². The van der Waals surface area contributed by atoms with Gasteiger partial charge >= 0.3 is 0 Å². The predicted molar refractivity (Wildman–Crippen MR) is 129 cm³/mol. The van der Waals surface area contributed by atoms with Gasteiger partial charge in [-0.3, -0.25) is 4.79 Å². The Morgan fingerprint density at radius 3 is 2.50 bits per heavy atom. The number of furan rings is 1. The summed E-state index contributed by atoms with van der Waals surface area (Å²) in [6, 6.07) is 23.5. The molecule has 0 atom stereocenters. The molecule has 162 valence electrons. The lowest BCUT2D eigenvalue weighted by Gasteiger charge is -2.10. The molecule has 0 aliphatic heterocycles. The lowest BCUT2D eigenvalue weighted by molar-refractivity contribution is 0.0992. The highest BCUT2D eigenvalue weighted by molar-refractivity contribution is 7.99. The molecule has 0 radical (unpaired) electrons. The van der Waals surface area contributed by atoms with Gasteiger partial charge in [-0.25, -0.2) is 0 Å². The fourth-order valence-electron chi connectivity index (χ4n) is 2.79. The Morgan fingerprint density at radius 1 is 0.906 bits per heavy atom. The predicted octanol–water partition coefficient (Wildman–Crippen LogP) is 8.22. The van der Waals surface area contributed by atoms with Crippen molar-refractivity contribution < 1.29 is 13.9 Å². The van der Waals surface area contributed by atoms with Crippen LogP contribution in [0.1, 0.15) is 16.3 Å². The average Bonchev–Trinajstić information content (AvgIpc) is 3.27. The van der Waals surface area contributed by atoms with Crippen LogP contribution in [0.2, 0.25) is 15.1 Å². The molecular weight excluding hydrogens is 489 g/mol. The van der Waals surface area contributed by atoms with E-state index in [1.165, 1.54) is 11.8 Å². The minimum absolute atomic E-state index is 0.107. The van der Waals surface area contributed by atoms with Crippen molar-refractivity contribution in [2.75, 3.05) is 5.32 Å². The van der Waals surface area contributed by atoms with E-state index in [0.717, 1.165) is 9.79 Å². The first-order valence-corrected chi connectivity index (χ1v) is 11.4. The Kier molecular flexibility index (Phi) is 7.33. The molecule has 0 unspecified atom stereocenters. The van der Waals surface area contributed by atoms with E-state index in [9.17, 15) is 4.79 Å². The summed E-state index contributed by atoms with van der Waals surface area (Å²) in [6.07, 6.45) is 0. The van der Waals surface area contributed by atoms with Crippen molar-refractivity contribution in [3.8, 4) is 5.75 Å². The smallest absolute Gasteiger partial charge is 0.291 e. The molecule has 3 aromatic carbocycles. The number of hydrogen-bond donors (Lipinski definition) is 1. The molecule has 0 aliphatic carbocycles. The van der Waals surface area contributed by atoms with Crippen LogP contribution in [0.3, 0.4) is 0 Å². The zero-order chi connectivity index (χ0) is 22.5. The zero-order valence-corrected chi connectivity index (χ0v) is 19.6. The molecule has 0 saturated heterocycles. The summed E-state index contributed by atoms with van der Waals surface area (Å²) in [6.45, 7) is 0.107. The molecule has 32 heavy (non-hydrogen) atoms. The number of rotatable bonds is 7. The van der Waals surface area contributed by atoms with E-state index >= 15 is 0 Å². The van der Waals surface area contributed by atoms with Gasteiger partial charge < -0.3 is 14.5 Å². The van der Waals surface area contributed by atoms with Gasteiger partial charge in [-0.15, -0.1) is 0 Å². The molecule has 4 rings (SSSR count). The molecule has 4 nitrogen and oxygen atoms in total. The van der Waals surface area contributed by atoms with Gasteiger partial charge in [0.25, 0.3) is 5.91 Å². The highest BCUT2D eigenvalue weighted by Crippen LogP contribution is 2.34. The highest BCUT2D eigenvalue weighted by atomic mass is 35.5. The first kappa shape index (κ1) is 22.6. The van der Waals surface area contributed by atoms with Gasteiger partial charge in [-0.05, 0) is 60.7 Å². The minimum atomic E-state index is -0.360. The van der Waals surface area contributed by atoms with Crippen LogP contribution in [0.4, 0.5) is 5.69 Å². The van der Waals surface area contributed by atoms with E-state index < -0.39 is 0 Å². The molecule has 0 aliphatic rings. The number of halogens is 3. The molecule has 1 N–H and O–H groups in total. The maximum Gasteiger partial charge on any atom is 0.291 e. The maximum absolute atomic E-state index is 12.7. The number of para-hydroxylation sites is 1. The Hall–Kier alpha value is -2.57. The Labute approximate surface area is 204 Å². The largest absolute Gasteiger partial charge is 0.484 e. The SMILES string of the molecule is O=C(Nc1ccccc1Sc1ccc(Cl)cc1)c1ccc(COc2cccc(Cl)c2Cl)o1. The molecule has 0 bridgehead atoms. The van der Waals surface area contributed by atoms with E-state index in [1.54, 1.807) is 30.3 Å². The van der Waals surface area contributed by atoms with Gasteiger partial charge in [0.1, 0.15) is 23.1 Å². The van der Waals surface area contributed by atoms with Gasteiger partial charge in [-0.2, -0.15) is 0 Å². The van der Waals surface area contributed by atoms with Crippen molar-refractivity contribution in [2.45, 2.75) is 16.4 Å². The second kappa shape index (κ2) is 10.4. The van der Waals surface area contributed by atoms with E-state index in [0.29, 0.717) is 32.3 Å². The van der Waals surface area contributed by atoms with Crippen LogP contribution < -0.4 is 10.1 Å². The highest BCUT2D eigenvalue weighted by Gasteiger charge is 2.15. The topological polar surface area (TPSA) is 51.5 Å². The van der Waals surface area contributed by atoms with Gasteiger partial charge in [0, 0.05) is 14.8 Å². The Morgan fingerprint density at radius 2 is 1.69 bits per heavy atom. The molecule has 0 spiro atoms. The number of hydrogen-bond acceptors (Lipinski definition) is 4. The lowest BCUT2D eigenvalue weighted by atomic mass is 10.3. The Bertz CT molecular complexity index is 1240. The Balaban J connectivity index is 1.42. The average molecular weight is 505 g/mol. The van der Waals surface area contributed by atoms with Crippen molar-refractivity contribution in [3.63, 3.8) is 0 Å². The first-order chi connectivity index (χ1) is 15.5. The van der Waals surface area contributed by atoms with E-state index in [4.69, 9.17) is 44.0 Å². The molecule has 4 aromatic rings. The van der Waals surface area contributed by atoms with Crippen LogP contribution in [0, 0.1) is 0 Å². The van der Waals surface area contributed by atoms with Crippen molar-refractivity contribution in [1.82, 2.24) is 0 Å². The summed E-state index contributed by atoms with van der Waals surface area (Å²) >= 11 is 19.6. The summed E-state index contributed by atoms with van der Waals surface area (Å²) in [5.41, 5.74) is 0.678. The third kappa shape index (κ3) is 5.61. The number of ether oxygens (including phenoxy) is 1. The molecule has 0 saturated carbocycles. The monoisotopic (exact) mass is 503 g/mol. The van der Waals surface area contributed by atoms with Crippen LogP contribution >= 0.6 is 46.6 Å². The fourth-order valence-corrected chi connectivity index (χ4v) is 4.17. The van der Waals surface area contributed by atoms with Crippen LogP contribution in [0.5, 0.6) is 5.75 Å². The second-order valence-corrected chi connectivity index (χ2v) is 8.95. The van der Waals surface area contributed by atoms with E-state index in [-0.39, 0.29) is 18.3 Å². The number of carbonyl (C=O) groups excluding carboxylic acids is 1. The summed E-state index contributed by atoms with van der Waals surface area (Å²) in [5.74, 6) is 0.734. The summed E-state index contributed by atoms with van der Waals surface area (Å²) < 4.78 is 11.3. The first-order valence-electron chi connectivity index (χ1n) is 9.49. The van der Waals surface area contributed by atoms with Crippen molar-refractivity contribution in [1.29, 1.82) is 0 Å². The summed E-state index contributed by atoms with van der Waals surface area (Å²) in [5, 5.41) is 4.30. The van der Waals surface area contributed by atoms with Crippen molar-refractivity contribution in [2.24, 2.45) is 0 Å². The van der Waals surface area contributed by atoms with Gasteiger partial charge in [0.2, 0.25) is 0 Å². The van der Waals surface area contributed by atoms with E-state index in [1.807, 2.05) is 48.5 Å². The van der Waals surface area contributed by atoms with Crippen LogP contribution in [0.15, 0.2) is 93.1 Å².